The zero-order valence-corrected chi connectivity index (χ0v) is 11.7. The van der Waals surface area contributed by atoms with Crippen LogP contribution in [0.15, 0.2) is 30.6 Å². The first kappa shape index (κ1) is 14.4. The van der Waals surface area contributed by atoms with Crippen LogP contribution in [0.4, 0.5) is 11.6 Å². The Morgan fingerprint density at radius 2 is 2.14 bits per heavy atom. The molecule has 0 unspecified atom stereocenters. The van der Waals surface area contributed by atoms with Crippen LogP contribution in [0.25, 0.3) is 0 Å². The fraction of sp³-hybridized carbons (Fsp3) is 0.214. The minimum Gasteiger partial charge on any atom is -0.348 e. The van der Waals surface area contributed by atoms with Gasteiger partial charge in [-0.2, -0.15) is 5.26 Å². The van der Waals surface area contributed by atoms with E-state index in [0.717, 1.165) is 5.69 Å². The van der Waals surface area contributed by atoms with E-state index in [0.29, 0.717) is 11.6 Å². The van der Waals surface area contributed by atoms with Gasteiger partial charge in [-0.1, -0.05) is 6.07 Å². The molecule has 0 saturated carbocycles. The van der Waals surface area contributed by atoms with E-state index < -0.39 is 0 Å². The van der Waals surface area contributed by atoms with E-state index in [1.807, 2.05) is 25.1 Å². The number of nitrogens with zero attached hydrogens (tertiary/aromatic N) is 5. The van der Waals surface area contributed by atoms with E-state index in [1.54, 1.807) is 18.0 Å². The molecule has 2 heterocycles. The van der Waals surface area contributed by atoms with Crippen molar-refractivity contribution in [1.29, 1.82) is 5.26 Å². The van der Waals surface area contributed by atoms with Crippen LogP contribution in [0.5, 0.6) is 0 Å². The maximum atomic E-state index is 12.0. The number of likely N-dealkylation sites (N-methyl/N-ethyl adjacent to an activating group) is 1. The second kappa shape index (κ2) is 6.43. The molecule has 2 rings (SSSR count). The number of nitriles is 1. The molecule has 7 nitrogen and oxygen atoms in total. The van der Waals surface area contributed by atoms with Crippen molar-refractivity contribution in [3.63, 3.8) is 0 Å². The quantitative estimate of drug-likeness (QED) is 0.903. The summed E-state index contributed by atoms with van der Waals surface area (Å²) in [5.41, 5.74) is 1.00. The molecule has 0 bridgehead atoms. The van der Waals surface area contributed by atoms with Crippen molar-refractivity contribution in [2.24, 2.45) is 0 Å². The van der Waals surface area contributed by atoms with Crippen molar-refractivity contribution < 1.29 is 4.79 Å². The molecule has 2 aromatic heterocycles. The number of nitrogens with one attached hydrogen (secondary N) is 1. The normalized spacial score (nSPS) is 9.76. The third kappa shape index (κ3) is 3.73. The number of carbonyl (C=O) groups is 1. The Balaban J connectivity index is 2.04. The lowest BCUT2D eigenvalue weighted by Gasteiger charge is -2.17. The van der Waals surface area contributed by atoms with E-state index >= 15 is 0 Å². The highest BCUT2D eigenvalue weighted by Gasteiger charge is 2.13. The molecule has 0 aliphatic carbocycles. The van der Waals surface area contributed by atoms with Crippen molar-refractivity contribution in [2.45, 2.75) is 6.92 Å². The molecule has 0 aliphatic heterocycles. The van der Waals surface area contributed by atoms with Gasteiger partial charge in [-0.25, -0.2) is 15.0 Å². The molecule has 0 fully saturated rings. The van der Waals surface area contributed by atoms with Gasteiger partial charge in [0, 0.05) is 25.1 Å². The van der Waals surface area contributed by atoms with Crippen molar-refractivity contribution in [3.8, 4) is 6.07 Å². The van der Waals surface area contributed by atoms with Gasteiger partial charge in [0.25, 0.3) is 0 Å². The minimum atomic E-state index is -0.245. The van der Waals surface area contributed by atoms with Crippen molar-refractivity contribution in [2.75, 3.05) is 23.8 Å². The van der Waals surface area contributed by atoms with Gasteiger partial charge in [0.15, 0.2) is 11.5 Å². The lowest BCUT2D eigenvalue weighted by atomic mass is 10.3. The third-order valence-corrected chi connectivity index (χ3v) is 2.68. The Morgan fingerprint density at radius 1 is 1.38 bits per heavy atom. The van der Waals surface area contributed by atoms with E-state index in [-0.39, 0.29) is 18.1 Å². The number of aryl methyl sites for hydroxylation is 1. The maximum Gasteiger partial charge on any atom is 0.245 e. The molecule has 1 amide bonds. The molecule has 0 saturated heterocycles. The van der Waals surface area contributed by atoms with Crippen molar-refractivity contribution in [1.82, 2.24) is 15.0 Å². The summed E-state index contributed by atoms with van der Waals surface area (Å²) >= 11 is 0. The van der Waals surface area contributed by atoms with Crippen LogP contribution in [0, 0.1) is 18.3 Å². The molecule has 0 aromatic carbocycles. The third-order valence-electron chi connectivity index (χ3n) is 2.68. The minimum absolute atomic E-state index is 0.0446. The van der Waals surface area contributed by atoms with Crippen LogP contribution in [0.1, 0.15) is 11.4 Å². The molecule has 0 atom stereocenters. The summed E-state index contributed by atoms with van der Waals surface area (Å²) in [6.07, 6.45) is 2.92. The highest BCUT2D eigenvalue weighted by atomic mass is 16.2. The first-order valence-electron chi connectivity index (χ1n) is 6.26. The molecule has 0 aliphatic rings. The zero-order chi connectivity index (χ0) is 15.2. The Morgan fingerprint density at radius 3 is 2.86 bits per heavy atom. The molecule has 7 heteroatoms. The smallest absolute Gasteiger partial charge is 0.245 e. The van der Waals surface area contributed by atoms with E-state index in [9.17, 15) is 4.79 Å². The summed E-state index contributed by atoms with van der Waals surface area (Å²) < 4.78 is 0. The van der Waals surface area contributed by atoms with E-state index in [2.05, 4.69) is 20.3 Å². The predicted molar refractivity (Wildman–Crippen MR) is 77.6 cm³/mol. The zero-order valence-electron chi connectivity index (χ0n) is 11.7. The summed E-state index contributed by atoms with van der Waals surface area (Å²) in [5, 5.41) is 11.7. The molecule has 0 spiro atoms. The number of rotatable bonds is 4. The first-order valence-corrected chi connectivity index (χ1v) is 6.26. The van der Waals surface area contributed by atoms with Crippen LogP contribution in [-0.2, 0) is 4.79 Å². The van der Waals surface area contributed by atoms with Crippen LogP contribution in [-0.4, -0.2) is 34.5 Å². The largest absolute Gasteiger partial charge is 0.348 e. The van der Waals surface area contributed by atoms with Crippen molar-refractivity contribution >= 4 is 17.5 Å². The average molecular weight is 282 g/mol. The van der Waals surface area contributed by atoms with Gasteiger partial charge in [-0.05, 0) is 19.1 Å². The maximum absolute atomic E-state index is 12.0. The second-order valence-corrected chi connectivity index (χ2v) is 4.41. The summed E-state index contributed by atoms with van der Waals surface area (Å²) in [6.45, 7) is 1.89. The summed E-state index contributed by atoms with van der Waals surface area (Å²) in [4.78, 5) is 25.7. The molecular weight excluding hydrogens is 268 g/mol. The van der Waals surface area contributed by atoms with Crippen molar-refractivity contribution in [3.05, 3.63) is 42.0 Å². The average Bonchev–Trinajstić information content (AvgIpc) is 2.47. The molecule has 106 valence electrons. The second-order valence-electron chi connectivity index (χ2n) is 4.41. The van der Waals surface area contributed by atoms with Gasteiger partial charge in [-0.15, -0.1) is 0 Å². The fourth-order valence-electron chi connectivity index (χ4n) is 1.77. The van der Waals surface area contributed by atoms with Crippen LogP contribution < -0.4 is 10.2 Å². The van der Waals surface area contributed by atoms with Gasteiger partial charge in [0.05, 0.1) is 6.54 Å². The molecule has 1 N–H and O–H groups in total. The van der Waals surface area contributed by atoms with Gasteiger partial charge in [0.1, 0.15) is 11.9 Å². The van der Waals surface area contributed by atoms with Gasteiger partial charge in [-0.3, -0.25) is 4.79 Å². The standard InChI is InChI=1S/C14H14N6O/c1-10-4-3-5-12(18-10)19-13(21)9-20(2)14-11(8-15)16-6-7-17-14/h3-7H,9H2,1-2H3,(H,18,19,21). The Hall–Kier alpha value is -3.01. The lowest BCUT2D eigenvalue weighted by Crippen LogP contribution is -2.31. The lowest BCUT2D eigenvalue weighted by molar-refractivity contribution is -0.114. The van der Waals surface area contributed by atoms with Crippen LogP contribution in [0.3, 0.4) is 0 Å². The first-order chi connectivity index (χ1) is 10.1. The molecular formula is C14H14N6O. The summed E-state index contributed by atoms with van der Waals surface area (Å²) in [6, 6.07) is 7.33. The Kier molecular flexibility index (Phi) is 4.41. The topological polar surface area (TPSA) is 94.8 Å². The van der Waals surface area contributed by atoms with Crippen LogP contribution >= 0.6 is 0 Å². The number of anilines is 2. The number of pyridine rings is 1. The van der Waals surface area contributed by atoms with E-state index in [1.165, 1.54) is 12.4 Å². The summed E-state index contributed by atoms with van der Waals surface area (Å²) in [7, 11) is 1.67. The highest BCUT2D eigenvalue weighted by molar-refractivity contribution is 5.93. The highest BCUT2D eigenvalue weighted by Crippen LogP contribution is 2.12. The molecule has 0 radical (unpaired) electrons. The van der Waals surface area contributed by atoms with Gasteiger partial charge in [0.2, 0.25) is 5.91 Å². The summed E-state index contributed by atoms with van der Waals surface area (Å²) in [5.74, 6) is 0.616. The number of carbonyl (C=O) groups excluding carboxylic acids is 1. The fourth-order valence-corrected chi connectivity index (χ4v) is 1.77. The van der Waals surface area contributed by atoms with Crippen LogP contribution in [0.2, 0.25) is 0 Å². The number of amides is 1. The van der Waals surface area contributed by atoms with E-state index in [4.69, 9.17) is 5.26 Å². The molecule has 2 aromatic rings. The number of hydrogen-bond acceptors (Lipinski definition) is 6. The van der Waals surface area contributed by atoms with Gasteiger partial charge < -0.3 is 10.2 Å². The van der Waals surface area contributed by atoms with Gasteiger partial charge >= 0.3 is 0 Å². The number of aromatic nitrogens is 3. The number of hydrogen-bond donors (Lipinski definition) is 1. The predicted octanol–water partition coefficient (Wildman–Crippen LogP) is 1.13. The SMILES string of the molecule is Cc1cccc(NC(=O)CN(C)c2nccnc2C#N)n1. The monoisotopic (exact) mass is 282 g/mol. The Labute approximate surface area is 122 Å². The Bertz CT molecular complexity index is 694. The molecule has 21 heavy (non-hydrogen) atoms.